The van der Waals surface area contributed by atoms with Crippen molar-refractivity contribution in [2.75, 3.05) is 0 Å². The lowest BCUT2D eigenvalue weighted by Gasteiger charge is -2.14. The summed E-state index contributed by atoms with van der Waals surface area (Å²) in [6, 6.07) is 6.95. The zero-order valence-corrected chi connectivity index (χ0v) is 9.33. The minimum Gasteiger partial charge on any atom is -0.481 e. The number of carboxylic acids is 1. The molecule has 0 unspecified atom stereocenters. The lowest BCUT2D eigenvalue weighted by molar-refractivity contribution is -0.137. The molecule has 17 heavy (non-hydrogen) atoms. The van der Waals surface area contributed by atoms with Gasteiger partial charge in [0.1, 0.15) is 0 Å². The molecule has 0 spiro atoms. The second-order valence-corrected chi connectivity index (χ2v) is 4.65. The fourth-order valence-electron chi connectivity index (χ4n) is 2.21. The molecule has 1 aliphatic rings. The summed E-state index contributed by atoms with van der Waals surface area (Å²) in [6.07, 6.45) is -0.878. The van der Waals surface area contributed by atoms with Gasteiger partial charge in [-0.25, -0.2) is 8.78 Å². The molecule has 1 saturated carbocycles. The van der Waals surface area contributed by atoms with E-state index in [1.807, 2.05) is 6.07 Å². The smallest absolute Gasteiger partial charge is 0.304 e. The topological polar surface area (TPSA) is 37.3 Å². The van der Waals surface area contributed by atoms with E-state index in [-0.39, 0.29) is 18.3 Å². The van der Waals surface area contributed by atoms with E-state index in [0.717, 1.165) is 18.4 Å². The van der Waals surface area contributed by atoms with Crippen molar-refractivity contribution in [2.24, 2.45) is 0 Å². The summed E-state index contributed by atoms with van der Waals surface area (Å²) in [5.74, 6) is -0.832. The molecule has 0 heterocycles. The van der Waals surface area contributed by atoms with Crippen LogP contribution in [0.1, 0.15) is 30.4 Å². The molecule has 0 aliphatic heterocycles. The Hall–Kier alpha value is -1.45. The van der Waals surface area contributed by atoms with Gasteiger partial charge in [0.15, 0.2) is 0 Å². The van der Waals surface area contributed by atoms with Crippen LogP contribution in [0, 0.1) is 0 Å². The number of halogens is 2. The SMILES string of the molecule is O=C(O)CC1(c2cccc(CC(F)F)c2)CC1. The lowest BCUT2D eigenvalue weighted by atomic mass is 9.91. The third kappa shape index (κ3) is 2.81. The van der Waals surface area contributed by atoms with Crippen molar-refractivity contribution in [3.63, 3.8) is 0 Å². The summed E-state index contributed by atoms with van der Waals surface area (Å²) in [4.78, 5) is 10.8. The Morgan fingerprint density at radius 2 is 2.12 bits per heavy atom. The van der Waals surface area contributed by atoms with Crippen LogP contribution in [0.25, 0.3) is 0 Å². The maximum atomic E-state index is 12.3. The molecule has 0 saturated heterocycles. The van der Waals surface area contributed by atoms with E-state index < -0.39 is 12.4 Å². The Morgan fingerprint density at radius 1 is 1.41 bits per heavy atom. The minimum atomic E-state index is -2.36. The summed E-state index contributed by atoms with van der Waals surface area (Å²) in [7, 11) is 0. The Bertz CT molecular complexity index is 425. The largest absolute Gasteiger partial charge is 0.481 e. The van der Waals surface area contributed by atoms with Gasteiger partial charge in [0.25, 0.3) is 0 Å². The lowest BCUT2D eigenvalue weighted by Crippen LogP contribution is -2.13. The quantitative estimate of drug-likeness (QED) is 0.859. The van der Waals surface area contributed by atoms with E-state index >= 15 is 0 Å². The van der Waals surface area contributed by atoms with Crippen molar-refractivity contribution in [1.82, 2.24) is 0 Å². The molecule has 2 nitrogen and oxygen atoms in total. The highest BCUT2D eigenvalue weighted by atomic mass is 19.3. The van der Waals surface area contributed by atoms with Crippen LogP contribution < -0.4 is 0 Å². The van der Waals surface area contributed by atoms with Crippen LogP contribution in [0.2, 0.25) is 0 Å². The first-order chi connectivity index (χ1) is 8.02. The third-order valence-corrected chi connectivity index (χ3v) is 3.27. The Kier molecular flexibility index (Phi) is 3.13. The number of rotatable bonds is 5. The van der Waals surface area contributed by atoms with Gasteiger partial charge in [-0.3, -0.25) is 4.79 Å². The predicted octanol–water partition coefficient (Wildman–Crippen LogP) is 3.00. The second kappa shape index (κ2) is 4.43. The molecule has 2 rings (SSSR count). The van der Waals surface area contributed by atoms with Gasteiger partial charge < -0.3 is 5.11 Å². The van der Waals surface area contributed by atoms with Gasteiger partial charge in [-0.05, 0) is 24.0 Å². The maximum Gasteiger partial charge on any atom is 0.304 e. The van der Waals surface area contributed by atoms with Gasteiger partial charge in [-0.2, -0.15) is 0 Å². The monoisotopic (exact) mass is 240 g/mol. The average Bonchev–Trinajstić information content (AvgIpc) is 2.97. The van der Waals surface area contributed by atoms with E-state index in [4.69, 9.17) is 5.11 Å². The molecule has 0 aromatic heterocycles. The summed E-state index contributed by atoms with van der Waals surface area (Å²) in [5.41, 5.74) is 1.16. The molecular formula is C13H14F2O2. The highest BCUT2D eigenvalue weighted by molar-refractivity contribution is 5.70. The van der Waals surface area contributed by atoms with Crippen LogP contribution in [0.5, 0.6) is 0 Å². The highest BCUT2D eigenvalue weighted by Crippen LogP contribution is 2.51. The van der Waals surface area contributed by atoms with Crippen LogP contribution in [0.4, 0.5) is 8.78 Å². The first-order valence-electron chi connectivity index (χ1n) is 5.61. The summed E-state index contributed by atoms with van der Waals surface area (Å²) in [6.45, 7) is 0. The summed E-state index contributed by atoms with van der Waals surface area (Å²) >= 11 is 0. The summed E-state index contributed by atoms with van der Waals surface area (Å²) < 4.78 is 24.6. The first kappa shape index (κ1) is 12.0. The van der Waals surface area contributed by atoms with Gasteiger partial charge >= 0.3 is 5.97 Å². The molecule has 1 aliphatic carbocycles. The van der Waals surface area contributed by atoms with E-state index in [1.54, 1.807) is 18.2 Å². The molecular weight excluding hydrogens is 226 g/mol. The third-order valence-electron chi connectivity index (χ3n) is 3.27. The Balaban J connectivity index is 2.18. The van der Waals surface area contributed by atoms with E-state index in [9.17, 15) is 13.6 Å². The van der Waals surface area contributed by atoms with Crippen molar-refractivity contribution in [1.29, 1.82) is 0 Å². The average molecular weight is 240 g/mol. The van der Waals surface area contributed by atoms with Crippen LogP contribution in [-0.2, 0) is 16.6 Å². The highest BCUT2D eigenvalue weighted by Gasteiger charge is 2.45. The molecule has 0 amide bonds. The van der Waals surface area contributed by atoms with E-state index in [2.05, 4.69) is 0 Å². The number of hydrogen-bond acceptors (Lipinski definition) is 1. The minimum absolute atomic E-state index is 0.0884. The molecule has 92 valence electrons. The van der Waals surface area contributed by atoms with Crippen LogP contribution in [-0.4, -0.2) is 17.5 Å². The maximum absolute atomic E-state index is 12.3. The van der Waals surface area contributed by atoms with Crippen molar-refractivity contribution >= 4 is 5.97 Å². The van der Waals surface area contributed by atoms with Gasteiger partial charge in [-0.1, -0.05) is 24.3 Å². The number of aliphatic carboxylic acids is 1. The first-order valence-corrected chi connectivity index (χ1v) is 5.61. The molecule has 1 aromatic carbocycles. The van der Waals surface area contributed by atoms with Crippen molar-refractivity contribution in [3.05, 3.63) is 35.4 Å². The number of carboxylic acid groups (broad SMARTS) is 1. The Labute approximate surface area is 98.3 Å². The molecule has 0 bridgehead atoms. The number of carbonyl (C=O) groups is 1. The van der Waals surface area contributed by atoms with Crippen molar-refractivity contribution in [2.45, 2.75) is 37.5 Å². The normalized spacial score (nSPS) is 17.1. The van der Waals surface area contributed by atoms with Gasteiger partial charge in [0.05, 0.1) is 6.42 Å². The van der Waals surface area contributed by atoms with Crippen molar-refractivity contribution in [3.8, 4) is 0 Å². The zero-order chi connectivity index (χ0) is 12.5. The van der Waals surface area contributed by atoms with E-state index in [0.29, 0.717) is 5.56 Å². The van der Waals surface area contributed by atoms with Crippen LogP contribution in [0.3, 0.4) is 0 Å². The zero-order valence-electron chi connectivity index (χ0n) is 9.33. The second-order valence-electron chi connectivity index (χ2n) is 4.65. The summed E-state index contributed by atoms with van der Waals surface area (Å²) in [5, 5.41) is 8.85. The standard InChI is InChI=1S/C13H14F2O2/c14-11(15)7-9-2-1-3-10(6-9)13(4-5-13)8-12(16)17/h1-3,6,11H,4-5,7-8H2,(H,16,17). The predicted molar refractivity (Wildman–Crippen MR) is 59.3 cm³/mol. The molecule has 0 atom stereocenters. The molecule has 4 heteroatoms. The van der Waals surface area contributed by atoms with Gasteiger partial charge in [0, 0.05) is 11.8 Å². The van der Waals surface area contributed by atoms with Gasteiger partial charge in [-0.15, -0.1) is 0 Å². The fourth-order valence-corrected chi connectivity index (χ4v) is 2.21. The van der Waals surface area contributed by atoms with Crippen molar-refractivity contribution < 1.29 is 18.7 Å². The molecule has 1 fully saturated rings. The van der Waals surface area contributed by atoms with Gasteiger partial charge in [0.2, 0.25) is 6.43 Å². The molecule has 0 radical (unpaired) electrons. The fraction of sp³-hybridized carbons (Fsp3) is 0.462. The number of benzene rings is 1. The molecule has 1 aromatic rings. The number of hydrogen-bond donors (Lipinski definition) is 1. The van der Waals surface area contributed by atoms with Crippen LogP contribution in [0.15, 0.2) is 24.3 Å². The Morgan fingerprint density at radius 3 is 2.65 bits per heavy atom. The molecule has 1 N–H and O–H groups in total. The van der Waals surface area contributed by atoms with E-state index in [1.165, 1.54) is 0 Å². The number of alkyl halides is 2. The van der Waals surface area contributed by atoms with Crippen LogP contribution >= 0.6 is 0 Å².